The molecule has 0 fully saturated rings. The van der Waals surface area contributed by atoms with Crippen LogP contribution in [0, 0.1) is 29.8 Å². The number of nitrogens with one attached hydrogen (secondary N) is 2. The van der Waals surface area contributed by atoms with Crippen LogP contribution >= 0.6 is 11.6 Å². The van der Waals surface area contributed by atoms with Gasteiger partial charge in [-0.05, 0) is 50.6 Å². The van der Waals surface area contributed by atoms with Crippen molar-refractivity contribution in [3.63, 3.8) is 0 Å². The average Bonchev–Trinajstić information content (AvgIpc) is 2.59. The van der Waals surface area contributed by atoms with E-state index in [-0.39, 0.29) is 0 Å². The van der Waals surface area contributed by atoms with E-state index in [1.165, 1.54) is 13.8 Å². The van der Waals surface area contributed by atoms with Gasteiger partial charge in [-0.2, -0.15) is 0 Å². The molecule has 4 nitrogen and oxygen atoms in total. The van der Waals surface area contributed by atoms with E-state index in [1.54, 1.807) is 25.1 Å². The maximum atomic E-state index is 13.7. The summed E-state index contributed by atoms with van der Waals surface area (Å²) in [6.45, 7) is 4.33. The molecule has 0 atom stereocenters. The van der Waals surface area contributed by atoms with Gasteiger partial charge in [-0.15, -0.1) is 0 Å². The zero-order valence-electron chi connectivity index (χ0n) is 14.2. The normalized spacial score (nSPS) is 11.2. The van der Waals surface area contributed by atoms with Crippen molar-refractivity contribution in [2.75, 3.05) is 10.6 Å². The summed E-state index contributed by atoms with van der Waals surface area (Å²) in [5.74, 6) is -6.20. The Hall–Kier alpha value is -2.54. The van der Waals surface area contributed by atoms with Crippen molar-refractivity contribution < 1.29 is 22.8 Å². The minimum absolute atomic E-state index is 0.419. The van der Waals surface area contributed by atoms with Crippen LogP contribution in [0.15, 0.2) is 30.3 Å². The molecule has 0 bridgehead atoms. The molecule has 138 valence electrons. The van der Waals surface area contributed by atoms with Crippen LogP contribution in [0.2, 0.25) is 5.02 Å². The molecular formula is C18H16ClF3N2O2. The number of benzene rings is 2. The van der Waals surface area contributed by atoms with E-state index in [0.29, 0.717) is 22.3 Å². The second-order valence-corrected chi connectivity index (χ2v) is 6.58. The predicted octanol–water partition coefficient (Wildman–Crippen LogP) is 4.67. The number of rotatable bonds is 4. The molecule has 0 unspecified atom stereocenters. The van der Waals surface area contributed by atoms with Crippen LogP contribution in [-0.2, 0) is 9.59 Å². The fourth-order valence-corrected chi connectivity index (χ4v) is 2.20. The first kappa shape index (κ1) is 19.8. The third-order valence-corrected chi connectivity index (χ3v) is 4.34. The Balaban J connectivity index is 2.20. The second kappa shape index (κ2) is 7.37. The maximum Gasteiger partial charge on any atom is 0.239 e. The van der Waals surface area contributed by atoms with Crippen molar-refractivity contribution in [3.8, 4) is 0 Å². The predicted molar refractivity (Wildman–Crippen MR) is 93.5 cm³/mol. The Bertz CT molecular complexity index is 885. The Kier molecular flexibility index (Phi) is 5.61. The smallest absolute Gasteiger partial charge is 0.239 e. The lowest BCUT2D eigenvalue weighted by molar-refractivity contribution is -0.135. The zero-order valence-corrected chi connectivity index (χ0v) is 15.0. The van der Waals surface area contributed by atoms with Gasteiger partial charge in [-0.1, -0.05) is 17.7 Å². The van der Waals surface area contributed by atoms with Crippen LogP contribution in [0.5, 0.6) is 0 Å². The highest BCUT2D eigenvalue weighted by Crippen LogP contribution is 2.27. The molecule has 2 aromatic rings. The minimum Gasteiger partial charge on any atom is -0.325 e. The van der Waals surface area contributed by atoms with Crippen LogP contribution in [0.4, 0.5) is 24.5 Å². The molecular weight excluding hydrogens is 369 g/mol. The SMILES string of the molecule is Cc1c(Cl)cccc1NC(=O)C(C)(C)C(=O)Nc1ccc(F)c(F)c1F. The zero-order chi connectivity index (χ0) is 19.6. The van der Waals surface area contributed by atoms with Gasteiger partial charge in [0.1, 0.15) is 5.41 Å². The summed E-state index contributed by atoms with van der Waals surface area (Å²) in [5.41, 5.74) is -1.16. The number of carbonyl (C=O) groups excluding carboxylic acids is 2. The van der Waals surface area contributed by atoms with Crippen LogP contribution in [-0.4, -0.2) is 11.8 Å². The van der Waals surface area contributed by atoms with Gasteiger partial charge in [0.05, 0.1) is 5.69 Å². The van der Waals surface area contributed by atoms with E-state index in [9.17, 15) is 22.8 Å². The number of amides is 2. The van der Waals surface area contributed by atoms with Gasteiger partial charge >= 0.3 is 0 Å². The molecule has 8 heteroatoms. The molecule has 2 rings (SSSR count). The van der Waals surface area contributed by atoms with E-state index in [4.69, 9.17) is 11.6 Å². The van der Waals surface area contributed by atoms with Crippen molar-refractivity contribution in [1.29, 1.82) is 0 Å². The van der Waals surface area contributed by atoms with Crippen molar-refractivity contribution in [2.24, 2.45) is 5.41 Å². The van der Waals surface area contributed by atoms with Gasteiger partial charge in [-0.3, -0.25) is 9.59 Å². The molecule has 0 radical (unpaired) electrons. The van der Waals surface area contributed by atoms with Crippen molar-refractivity contribution in [3.05, 3.63) is 58.4 Å². The second-order valence-electron chi connectivity index (χ2n) is 6.17. The van der Waals surface area contributed by atoms with Gasteiger partial charge in [-0.25, -0.2) is 13.2 Å². The molecule has 2 amide bonds. The molecule has 0 aliphatic carbocycles. The topological polar surface area (TPSA) is 58.2 Å². The van der Waals surface area contributed by atoms with E-state index in [1.807, 2.05) is 0 Å². The fraction of sp³-hybridized carbons (Fsp3) is 0.222. The number of hydrogen-bond donors (Lipinski definition) is 2. The number of anilines is 2. The van der Waals surface area contributed by atoms with Crippen molar-refractivity contribution in [1.82, 2.24) is 0 Å². The van der Waals surface area contributed by atoms with Crippen molar-refractivity contribution in [2.45, 2.75) is 20.8 Å². The van der Waals surface area contributed by atoms with Gasteiger partial charge in [0.15, 0.2) is 17.5 Å². The molecule has 2 N–H and O–H groups in total. The van der Waals surface area contributed by atoms with Crippen LogP contribution in [0.3, 0.4) is 0 Å². The molecule has 0 saturated carbocycles. The standard InChI is InChI=1S/C18H16ClF3N2O2/c1-9-10(19)5-4-6-12(9)23-16(25)18(2,3)17(26)24-13-8-7-11(20)14(21)15(13)22/h4-8H,1-3H3,(H,23,25)(H,24,26). The first-order valence-corrected chi connectivity index (χ1v) is 7.95. The summed E-state index contributed by atoms with van der Waals surface area (Å²) in [6.07, 6.45) is 0. The fourth-order valence-electron chi connectivity index (χ4n) is 2.03. The third-order valence-electron chi connectivity index (χ3n) is 3.93. The molecule has 0 saturated heterocycles. The lowest BCUT2D eigenvalue weighted by Crippen LogP contribution is -2.42. The quantitative estimate of drug-likeness (QED) is 0.594. The van der Waals surface area contributed by atoms with Crippen LogP contribution < -0.4 is 10.6 Å². The highest BCUT2D eigenvalue weighted by Gasteiger charge is 2.37. The summed E-state index contributed by atoms with van der Waals surface area (Å²) in [4.78, 5) is 24.9. The lowest BCUT2D eigenvalue weighted by atomic mass is 9.90. The van der Waals surface area contributed by atoms with Gasteiger partial charge in [0, 0.05) is 10.7 Å². The van der Waals surface area contributed by atoms with Crippen LogP contribution in [0.25, 0.3) is 0 Å². The molecule has 0 aliphatic rings. The molecule has 0 spiro atoms. The Labute approximate surface area is 153 Å². The first-order valence-electron chi connectivity index (χ1n) is 7.57. The number of hydrogen-bond acceptors (Lipinski definition) is 2. The van der Waals surface area contributed by atoms with Crippen molar-refractivity contribution >= 4 is 34.8 Å². The first-order chi connectivity index (χ1) is 12.1. The minimum atomic E-state index is -1.71. The molecule has 0 heterocycles. The van der Waals surface area contributed by atoms with Crippen LogP contribution in [0.1, 0.15) is 19.4 Å². The summed E-state index contributed by atoms with van der Waals surface area (Å²) < 4.78 is 40.0. The summed E-state index contributed by atoms with van der Waals surface area (Å²) in [5, 5.41) is 5.12. The number of carbonyl (C=O) groups is 2. The van der Waals surface area contributed by atoms with E-state index >= 15 is 0 Å². The van der Waals surface area contributed by atoms with Gasteiger partial charge in [0.25, 0.3) is 0 Å². The average molecular weight is 385 g/mol. The van der Waals surface area contributed by atoms with Gasteiger partial charge < -0.3 is 10.6 Å². The Morgan fingerprint density at radius 3 is 2.12 bits per heavy atom. The third kappa shape index (κ3) is 3.83. The highest BCUT2D eigenvalue weighted by atomic mass is 35.5. The summed E-state index contributed by atoms with van der Waals surface area (Å²) in [7, 11) is 0. The molecule has 0 aliphatic heterocycles. The van der Waals surface area contributed by atoms with E-state index in [2.05, 4.69) is 10.6 Å². The molecule has 26 heavy (non-hydrogen) atoms. The molecule has 0 aromatic heterocycles. The Morgan fingerprint density at radius 2 is 1.50 bits per heavy atom. The largest absolute Gasteiger partial charge is 0.325 e. The van der Waals surface area contributed by atoms with Gasteiger partial charge in [0.2, 0.25) is 11.8 Å². The highest BCUT2D eigenvalue weighted by molar-refractivity contribution is 6.31. The Morgan fingerprint density at radius 1 is 0.923 bits per heavy atom. The number of halogens is 4. The monoisotopic (exact) mass is 384 g/mol. The lowest BCUT2D eigenvalue weighted by Gasteiger charge is -2.23. The van der Waals surface area contributed by atoms with E-state index < -0.39 is 40.4 Å². The summed E-state index contributed by atoms with van der Waals surface area (Å²) >= 11 is 5.99. The maximum absolute atomic E-state index is 13.7. The van der Waals surface area contributed by atoms with E-state index in [0.717, 1.165) is 6.07 Å². The summed E-state index contributed by atoms with van der Waals surface area (Å²) in [6, 6.07) is 6.45. The molecule has 2 aromatic carbocycles.